The highest BCUT2D eigenvalue weighted by atomic mass is 19.3. The highest BCUT2D eigenvalue weighted by molar-refractivity contribution is 5.80. The number of hydrogen-bond acceptors (Lipinski definition) is 4. The van der Waals surface area contributed by atoms with Crippen LogP contribution in [0.3, 0.4) is 0 Å². The SMILES string of the molecule is Cc1ccc(-c2cccnc2[C@@H](CC(=O)Cn2nc(C(F)F)c3c2C(F)(F)CCC3(F)F)Cc2cc(F)cc(F)c2)cn1. The van der Waals surface area contributed by atoms with Gasteiger partial charge in [0.1, 0.15) is 29.6 Å². The predicted molar refractivity (Wildman–Crippen MR) is 139 cm³/mol. The fraction of sp³-hybridized carbons (Fsp3) is 0.333. The summed E-state index contributed by atoms with van der Waals surface area (Å²) in [5, 5.41) is 3.35. The Bertz CT molecular complexity index is 1630. The Balaban J connectivity index is 1.54. The van der Waals surface area contributed by atoms with Gasteiger partial charge in [-0.15, -0.1) is 0 Å². The quantitative estimate of drug-likeness (QED) is 0.182. The van der Waals surface area contributed by atoms with E-state index < -0.39 is 84.4 Å². The van der Waals surface area contributed by atoms with Gasteiger partial charge in [-0.3, -0.25) is 19.4 Å². The molecule has 13 heteroatoms. The van der Waals surface area contributed by atoms with Crippen LogP contribution in [0.25, 0.3) is 11.1 Å². The monoisotopic (exact) mass is 608 g/mol. The lowest BCUT2D eigenvalue weighted by atomic mass is 9.87. The van der Waals surface area contributed by atoms with Gasteiger partial charge < -0.3 is 0 Å². The molecule has 0 saturated heterocycles. The van der Waals surface area contributed by atoms with Crippen LogP contribution in [0.2, 0.25) is 0 Å². The maximum atomic E-state index is 14.9. The van der Waals surface area contributed by atoms with Crippen LogP contribution >= 0.6 is 0 Å². The number of Topliss-reactive ketones (excluding diaryl/α,β-unsaturated/α-hetero) is 1. The Morgan fingerprint density at radius 1 is 0.953 bits per heavy atom. The number of rotatable bonds is 9. The van der Waals surface area contributed by atoms with Gasteiger partial charge in [-0.25, -0.2) is 26.3 Å². The number of fused-ring (bicyclic) bond motifs is 1. The number of carbonyl (C=O) groups is 1. The van der Waals surface area contributed by atoms with Gasteiger partial charge in [0, 0.05) is 60.5 Å². The zero-order valence-corrected chi connectivity index (χ0v) is 22.6. The average Bonchev–Trinajstić information content (AvgIpc) is 3.33. The van der Waals surface area contributed by atoms with Gasteiger partial charge in [0.05, 0.1) is 11.3 Å². The Morgan fingerprint density at radius 3 is 2.30 bits per heavy atom. The van der Waals surface area contributed by atoms with Gasteiger partial charge in [-0.05, 0) is 43.2 Å². The number of carbonyl (C=O) groups excluding carboxylic acids is 1. The largest absolute Gasteiger partial charge is 0.298 e. The minimum atomic E-state index is -3.99. The number of hydrogen-bond donors (Lipinski definition) is 0. The molecule has 226 valence electrons. The summed E-state index contributed by atoms with van der Waals surface area (Å²) in [6.07, 6.45) is -3.84. The third-order valence-corrected chi connectivity index (χ3v) is 7.30. The van der Waals surface area contributed by atoms with Crippen molar-refractivity contribution in [3.05, 3.63) is 100 Å². The maximum Gasteiger partial charge on any atom is 0.290 e. The van der Waals surface area contributed by atoms with E-state index in [1.165, 1.54) is 6.20 Å². The molecule has 0 saturated carbocycles. The van der Waals surface area contributed by atoms with Crippen LogP contribution in [0, 0.1) is 18.6 Å². The zero-order valence-electron chi connectivity index (χ0n) is 22.6. The van der Waals surface area contributed by atoms with Crippen molar-refractivity contribution in [2.75, 3.05) is 0 Å². The van der Waals surface area contributed by atoms with E-state index in [9.17, 15) is 39.9 Å². The molecule has 0 fully saturated rings. The van der Waals surface area contributed by atoms with Gasteiger partial charge in [-0.2, -0.15) is 13.9 Å². The molecule has 5 rings (SSSR count). The van der Waals surface area contributed by atoms with Gasteiger partial charge in [0.2, 0.25) is 0 Å². The summed E-state index contributed by atoms with van der Waals surface area (Å²) in [4.78, 5) is 22.1. The van der Waals surface area contributed by atoms with Crippen molar-refractivity contribution in [1.29, 1.82) is 0 Å². The van der Waals surface area contributed by atoms with Gasteiger partial charge in [0.15, 0.2) is 5.78 Å². The number of alkyl halides is 6. The Kier molecular flexibility index (Phi) is 8.10. The summed E-state index contributed by atoms with van der Waals surface area (Å²) in [6.45, 7) is 0.768. The van der Waals surface area contributed by atoms with E-state index in [1.807, 2.05) is 0 Å². The molecular weight excluding hydrogens is 584 g/mol. The molecule has 1 atom stereocenters. The van der Waals surface area contributed by atoms with Crippen molar-refractivity contribution in [2.24, 2.45) is 0 Å². The topological polar surface area (TPSA) is 60.7 Å². The molecular formula is C30H24F8N4O. The lowest BCUT2D eigenvalue weighted by molar-refractivity contribution is -0.121. The first-order chi connectivity index (χ1) is 20.2. The summed E-state index contributed by atoms with van der Waals surface area (Å²) in [5.74, 6) is -11.4. The van der Waals surface area contributed by atoms with E-state index in [0.717, 1.165) is 17.8 Å². The number of benzene rings is 1. The standard InChI is InChI=1S/C30H24F8N4O/c1-16-4-5-18(14-40-16)23-3-2-8-39-25(23)19(9-17-10-20(31)13-21(32)11-17)12-22(43)15-42-27-24(26(41-42)28(33)34)29(35,36)6-7-30(27,37)38/h2-5,8,10-11,13-14,19,28H,6-7,9,12,15H2,1H3/t19-/m1/s1. The zero-order chi connectivity index (χ0) is 31.1. The fourth-order valence-corrected chi connectivity index (χ4v) is 5.44. The second kappa shape index (κ2) is 11.5. The molecule has 0 bridgehead atoms. The molecule has 0 amide bonds. The first kappa shape index (κ1) is 30.3. The molecule has 3 heterocycles. The van der Waals surface area contributed by atoms with E-state index >= 15 is 0 Å². The third-order valence-electron chi connectivity index (χ3n) is 7.30. The van der Waals surface area contributed by atoms with Gasteiger partial charge in [-0.1, -0.05) is 12.1 Å². The normalized spacial score (nSPS) is 16.2. The van der Waals surface area contributed by atoms with E-state index in [4.69, 9.17) is 0 Å². The summed E-state index contributed by atoms with van der Waals surface area (Å²) in [6, 6.07) is 9.63. The molecule has 1 aliphatic rings. The van der Waals surface area contributed by atoms with E-state index in [-0.39, 0.29) is 16.7 Å². The molecule has 0 radical (unpaired) electrons. The lowest BCUT2D eigenvalue weighted by Crippen LogP contribution is -2.33. The summed E-state index contributed by atoms with van der Waals surface area (Å²) < 4.78 is 115. The molecule has 43 heavy (non-hydrogen) atoms. The lowest BCUT2D eigenvalue weighted by Gasteiger charge is -2.29. The smallest absolute Gasteiger partial charge is 0.290 e. The van der Waals surface area contributed by atoms with Crippen LogP contribution in [-0.2, 0) is 29.6 Å². The molecule has 0 N–H and O–H groups in total. The summed E-state index contributed by atoms with van der Waals surface area (Å²) in [5.41, 5.74) is -2.12. The molecule has 3 aromatic heterocycles. The molecule has 5 nitrogen and oxygen atoms in total. The van der Waals surface area contributed by atoms with Crippen LogP contribution in [0.5, 0.6) is 0 Å². The minimum Gasteiger partial charge on any atom is -0.298 e. The Labute approximate surface area is 240 Å². The van der Waals surface area contributed by atoms with Crippen molar-refractivity contribution < 1.29 is 39.9 Å². The summed E-state index contributed by atoms with van der Waals surface area (Å²) in [7, 11) is 0. The molecule has 0 unspecified atom stereocenters. The van der Waals surface area contributed by atoms with Crippen molar-refractivity contribution >= 4 is 5.78 Å². The first-order valence-corrected chi connectivity index (χ1v) is 13.2. The molecule has 0 aliphatic heterocycles. The molecule has 4 aromatic rings. The Morgan fingerprint density at radius 2 is 1.65 bits per heavy atom. The maximum absolute atomic E-state index is 14.9. The van der Waals surface area contributed by atoms with Crippen LogP contribution in [0.4, 0.5) is 35.1 Å². The summed E-state index contributed by atoms with van der Waals surface area (Å²) >= 11 is 0. The van der Waals surface area contributed by atoms with Gasteiger partial charge >= 0.3 is 0 Å². The molecule has 1 aromatic carbocycles. The number of aromatic nitrogens is 4. The van der Waals surface area contributed by atoms with Crippen LogP contribution in [-0.4, -0.2) is 25.5 Å². The third kappa shape index (κ3) is 6.30. The number of pyridine rings is 2. The van der Waals surface area contributed by atoms with Gasteiger partial charge in [0.25, 0.3) is 18.3 Å². The first-order valence-electron chi connectivity index (χ1n) is 13.2. The second-order valence-electron chi connectivity index (χ2n) is 10.5. The van der Waals surface area contributed by atoms with Crippen LogP contribution in [0.1, 0.15) is 65.5 Å². The average molecular weight is 609 g/mol. The van der Waals surface area contributed by atoms with Crippen molar-refractivity contribution in [1.82, 2.24) is 19.7 Å². The predicted octanol–water partition coefficient (Wildman–Crippen LogP) is 7.83. The van der Waals surface area contributed by atoms with Crippen LogP contribution < -0.4 is 0 Å². The number of nitrogens with zero attached hydrogens (tertiary/aromatic N) is 4. The highest BCUT2D eigenvalue weighted by Crippen LogP contribution is 2.52. The van der Waals surface area contributed by atoms with Crippen LogP contribution in [0.15, 0.2) is 54.9 Å². The molecule has 0 spiro atoms. The fourth-order valence-electron chi connectivity index (χ4n) is 5.44. The van der Waals surface area contributed by atoms with Crippen molar-refractivity contribution in [2.45, 2.75) is 63.3 Å². The highest BCUT2D eigenvalue weighted by Gasteiger charge is 2.55. The molecule has 1 aliphatic carbocycles. The van der Waals surface area contributed by atoms with E-state index in [2.05, 4.69) is 15.1 Å². The van der Waals surface area contributed by atoms with E-state index in [0.29, 0.717) is 22.9 Å². The number of halogens is 8. The van der Waals surface area contributed by atoms with Crippen molar-refractivity contribution in [3.8, 4) is 11.1 Å². The number of ketones is 1. The van der Waals surface area contributed by atoms with E-state index in [1.54, 1.807) is 37.4 Å². The Hall–Kier alpha value is -4.16. The number of aryl methyl sites for hydroxylation is 1. The van der Waals surface area contributed by atoms with Crippen molar-refractivity contribution in [3.63, 3.8) is 0 Å². The minimum absolute atomic E-state index is 0.128. The second-order valence-corrected chi connectivity index (χ2v) is 10.5.